The van der Waals surface area contributed by atoms with Gasteiger partial charge in [0.2, 0.25) is 0 Å². The van der Waals surface area contributed by atoms with E-state index in [0.29, 0.717) is 0 Å². The van der Waals surface area contributed by atoms with Crippen molar-refractivity contribution in [1.82, 2.24) is 0 Å². The fraction of sp³-hybridized carbons (Fsp3) is 0.667. The van der Waals surface area contributed by atoms with Gasteiger partial charge in [0.1, 0.15) is 0 Å². The second kappa shape index (κ2) is 4.40. The lowest BCUT2D eigenvalue weighted by Crippen LogP contribution is -2.39. The first-order valence-electron chi connectivity index (χ1n) is 8.03. The van der Waals surface area contributed by atoms with Crippen molar-refractivity contribution in [2.45, 2.75) is 51.4 Å². The Labute approximate surface area is 111 Å². The molecular weight excluding hydrogens is 216 g/mol. The number of allylic oxidation sites excluding steroid dienone is 6. The maximum Gasteiger partial charge on any atom is 0.00518 e. The summed E-state index contributed by atoms with van der Waals surface area (Å²) in [5.74, 6) is 3.75. The van der Waals surface area contributed by atoms with Crippen LogP contribution in [0.4, 0.5) is 0 Å². The van der Waals surface area contributed by atoms with Crippen LogP contribution >= 0.6 is 0 Å². The first-order valence-corrected chi connectivity index (χ1v) is 8.03. The predicted molar refractivity (Wildman–Crippen MR) is 76.2 cm³/mol. The molecule has 0 aromatic heterocycles. The topological polar surface area (TPSA) is 0 Å². The third-order valence-electron chi connectivity index (χ3n) is 5.95. The zero-order chi connectivity index (χ0) is 11.9. The normalized spacial score (nSPS) is 42.2. The van der Waals surface area contributed by atoms with Crippen LogP contribution in [0.25, 0.3) is 0 Å². The van der Waals surface area contributed by atoms with Gasteiger partial charge in [-0.3, -0.25) is 0 Å². The molecule has 4 aliphatic carbocycles. The number of hydrogen-bond donors (Lipinski definition) is 0. The Bertz CT molecular complexity index is 423. The van der Waals surface area contributed by atoms with Crippen molar-refractivity contribution in [1.29, 1.82) is 0 Å². The number of fused-ring (bicyclic) bond motifs is 5. The average Bonchev–Trinajstić information content (AvgIpc) is 2.48. The second-order valence-corrected chi connectivity index (χ2v) is 6.71. The predicted octanol–water partition coefficient (Wildman–Crippen LogP) is 5.04. The molecule has 0 aliphatic heterocycles. The smallest absolute Gasteiger partial charge is 0.00518 e. The minimum absolute atomic E-state index is 0.782. The largest absolute Gasteiger partial charge is 0.0767 e. The summed E-state index contributed by atoms with van der Waals surface area (Å²) >= 11 is 0. The van der Waals surface area contributed by atoms with Gasteiger partial charge in [-0.2, -0.15) is 0 Å². The Hall–Kier alpha value is -0.780. The van der Waals surface area contributed by atoms with E-state index in [4.69, 9.17) is 0 Å². The van der Waals surface area contributed by atoms with E-state index in [2.05, 4.69) is 24.3 Å². The lowest BCUT2D eigenvalue weighted by molar-refractivity contribution is 0.119. The molecule has 0 bridgehead atoms. The molecule has 96 valence electrons. The molecule has 0 aromatic carbocycles. The van der Waals surface area contributed by atoms with Crippen LogP contribution in [0, 0.1) is 23.7 Å². The van der Waals surface area contributed by atoms with Crippen LogP contribution in [0.1, 0.15) is 51.4 Å². The fourth-order valence-corrected chi connectivity index (χ4v) is 5.26. The number of rotatable bonds is 0. The van der Waals surface area contributed by atoms with Crippen LogP contribution in [0.2, 0.25) is 0 Å². The standard InChI is InChI=1S/C18H24/c1-2-8-14-13(7-1)15-9-3-4-11-17(15)18-12-6-5-10-16(14)18/h1-2,7-8,13,15,17-18H,3-6,9-12H2/t13-,15+,17-,18+/m1/s1. The highest BCUT2D eigenvalue weighted by Gasteiger charge is 2.43. The van der Waals surface area contributed by atoms with E-state index in [-0.39, 0.29) is 0 Å². The molecule has 0 saturated heterocycles. The van der Waals surface area contributed by atoms with Crippen LogP contribution in [-0.4, -0.2) is 0 Å². The maximum atomic E-state index is 2.51. The molecule has 0 unspecified atom stereocenters. The van der Waals surface area contributed by atoms with E-state index in [0.717, 1.165) is 23.7 Å². The highest BCUT2D eigenvalue weighted by molar-refractivity contribution is 5.41. The molecule has 18 heavy (non-hydrogen) atoms. The Balaban J connectivity index is 1.80. The molecule has 2 fully saturated rings. The summed E-state index contributed by atoms with van der Waals surface area (Å²) in [6.07, 6.45) is 21.3. The van der Waals surface area contributed by atoms with Crippen molar-refractivity contribution < 1.29 is 0 Å². The van der Waals surface area contributed by atoms with Crippen LogP contribution in [-0.2, 0) is 0 Å². The van der Waals surface area contributed by atoms with Crippen molar-refractivity contribution in [3.63, 3.8) is 0 Å². The second-order valence-electron chi connectivity index (χ2n) is 6.71. The van der Waals surface area contributed by atoms with E-state index < -0.39 is 0 Å². The maximum absolute atomic E-state index is 2.51. The van der Waals surface area contributed by atoms with Gasteiger partial charge in [0.15, 0.2) is 0 Å². The molecule has 4 rings (SSSR count). The number of hydrogen-bond acceptors (Lipinski definition) is 0. The lowest BCUT2D eigenvalue weighted by atomic mass is 9.56. The quantitative estimate of drug-likeness (QED) is 0.556. The van der Waals surface area contributed by atoms with Gasteiger partial charge in [-0.05, 0) is 55.4 Å². The van der Waals surface area contributed by atoms with Crippen molar-refractivity contribution in [3.05, 3.63) is 35.5 Å². The Morgan fingerprint density at radius 2 is 1.67 bits per heavy atom. The van der Waals surface area contributed by atoms with Gasteiger partial charge in [0.05, 0.1) is 0 Å². The Morgan fingerprint density at radius 1 is 0.833 bits per heavy atom. The van der Waals surface area contributed by atoms with Gasteiger partial charge in [-0.15, -0.1) is 0 Å². The monoisotopic (exact) mass is 240 g/mol. The van der Waals surface area contributed by atoms with Crippen molar-refractivity contribution >= 4 is 0 Å². The fourth-order valence-electron chi connectivity index (χ4n) is 5.26. The van der Waals surface area contributed by atoms with Crippen LogP contribution in [0.15, 0.2) is 35.5 Å². The summed E-state index contributed by atoms with van der Waals surface area (Å²) in [5.41, 5.74) is 3.61. The molecule has 0 heterocycles. The van der Waals surface area contributed by atoms with Crippen LogP contribution in [0.3, 0.4) is 0 Å². The summed E-state index contributed by atoms with van der Waals surface area (Å²) in [6, 6.07) is 0. The molecule has 0 radical (unpaired) electrons. The Kier molecular flexibility index (Phi) is 2.71. The first kappa shape index (κ1) is 11.1. The van der Waals surface area contributed by atoms with E-state index in [1.54, 1.807) is 5.57 Å². The minimum Gasteiger partial charge on any atom is -0.0767 e. The van der Waals surface area contributed by atoms with Crippen molar-refractivity contribution in [3.8, 4) is 0 Å². The Morgan fingerprint density at radius 3 is 2.61 bits per heavy atom. The van der Waals surface area contributed by atoms with Gasteiger partial charge in [-0.25, -0.2) is 0 Å². The zero-order valence-corrected chi connectivity index (χ0v) is 11.3. The first-order chi connectivity index (χ1) is 8.95. The van der Waals surface area contributed by atoms with Gasteiger partial charge in [-0.1, -0.05) is 49.1 Å². The lowest BCUT2D eigenvalue weighted by Gasteiger charge is -2.49. The molecule has 0 amide bonds. The molecular formula is C18H24. The SMILES string of the molecule is C1=CC2=C3CCCC[C@@H]3[C@@H]3CCCC[C@H]3[C@@H]2C=C1. The summed E-state index contributed by atoms with van der Waals surface area (Å²) in [7, 11) is 0. The van der Waals surface area contributed by atoms with E-state index in [1.165, 1.54) is 51.4 Å². The van der Waals surface area contributed by atoms with Crippen LogP contribution < -0.4 is 0 Å². The summed E-state index contributed by atoms with van der Waals surface area (Å²) in [6.45, 7) is 0. The van der Waals surface area contributed by atoms with E-state index in [9.17, 15) is 0 Å². The van der Waals surface area contributed by atoms with Gasteiger partial charge < -0.3 is 0 Å². The van der Waals surface area contributed by atoms with Crippen molar-refractivity contribution in [2.24, 2.45) is 23.7 Å². The van der Waals surface area contributed by atoms with E-state index in [1.807, 2.05) is 5.57 Å². The third kappa shape index (κ3) is 1.57. The van der Waals surface area contributed by atoms with Gasteiger partial charge >= 0.3 is 0 Å². The highest BCUT2D eigenvalue weighted by atomic mass is 14.5. The molecule has 2 saturated carbocycles. The van der Waals surface area contributed by atoms with E-state index >= 15 is 0 Å². The zero-order valence-electron chi connectivity index (χ0n) is 11.3. The molecule has 0 spiro atoms. The summed E-state index contributed by atoms with van der Waals surface area (Å²) in [4.78, 5) is 0. The third-order valence-corrected chi connectivity index (χ3v) is 5.95. The minimum atomic E-state index is 0.782. The highest BCUT2D eigenvalue weighted by Crippen LogP contribution is 2.54. The molecule has 0 heteroatoms. The summed E-state index contributed by atoms with van der Waals surface area (Å²) < 4.78 is 0. The molecule has 0 N–H and O–H groups in total. The molecule has 4 aliphatic rings. The van der Waals surface area contributed by atoms with Gasteiger partial charge in [0, 0.05) is 5.92 Å². The molecule has 0 aromatic rings. The molecule has 0 nitrogen and oxygen atoms in total. The van der Waals surface area contributed by atoms with Gasteiger partial charge in [0.25, 0.3) is 0 Å². The molecule has 4 atom stereocenters. The van der Waals surface area contributed by atoms with Crippen LogP contribution in [0.5, 0.6) is 0 Å². The summed E-state index contributed by atoms with van der Waals surface area (Å²) in [5, 5.41) is 0. The van der Waals surface area contributed by atoms with Crippen molar-refractivity contribution in [2.75, 3.05) is 0 Å². The average molecular weight is 240 g/mol.